The molecule has 2 rings (SSSR count). The van der Waals surface area contributed by atoms with Crippen LogP contribution in [-0.2, 0) is 22.5 Å². The summed E-state index contributed by atoms with van der Waals surface area (Å²) >= 11 is 0. The Labute approximate surface area is 121 Å². The van der Waals surface area contributed by atoms with Crippen molar-refractivity contribution in [3.8, 4) is 0 Å². The molecule has 0 aromatic heterocycles. The van der Waals surface area contributed by atoms with Crippen molar-refractivity contribution in [1.82, 2.24) is 0 Å². The lowest BCUT2D eigenvalue weighted by Gasteiger charge is -2.19. The second-order valence-electron chi connectivity index (χ2n) is 6.37. The lowest BCUT2D eigenvalue weighted by Crippen LogP contribution is -2.22. The van der Waals surface area contributed by atoms with Crippen molar-refractivity contribution < 1.29 is 9.63 Å². The van der Waals surface area contributed by atoms with Gasteiger partial charge in [-0.3, -0.25) is 0 Å². The Kier molecular flexibility index (Phi) is 4.26. The van der Waals surface area contributed by atoms with E-state index >= 15 is 0 Å². The first kappa shape index (κ1) is 14.8. The van der Waals surface area contributed by atoms with E-state index in [-0.39, 0.29) is 5.97 Å². The number of carbonyl (C=O) groups excluding carboxylic acids is 1. The fourth-order valence-corrected chi connectivity index (χ4v) is 2.24. The van der Waals surface area contributed by atoms with Crippen molar-refractivity contribution in [3.05, 3.63) is 34.9 Å². The van der Waals surface area contributed by atoms with E-state index in [0.29, 0.717) is 0 Å². The maximum atomic E-state index is 11.8. The van der Waals surface area contributed by atoms with Gasteiger partial charge in [0.2, 0.25) is 0 Å². The van der Waals surface area contributed by atoms with Crippen molar-refractivity contribution in [2.45, 2.75) is 53.4 Å². The third kappa shape index (κ3) is 3.27. The molecule has 0 spiro atoms. The van der Waals surface area contributed by atoms with Gasteiger partial charge in [0.25, 0.3) is 0 Å². The topological polar surface area (TPSA) is 38.7 Å². The number of benzene rings is 1. The van der Waals surface area contributed by atoms with E-state index in [4.69, 9.17) is 4.84 Å². The monoisotopic (exact) mass is 273 g/mol. The summed E-state index contributed by atoms with van der Waals surface area (Å²) in [6.45, 7) is 7.64. The zero-order valence-corrected chi connectivity index (χ0v) is 12.8. The van der Waals surface area contributed by atoms with Crippen LogP contribution >= 0.6 is 0 Å². The standard InChI is InChI=1S/C17H23NO2/c1-5-12-9-10-13-7-6-8-15(14(13)11-12)18-20-16(19)17(2,3)4/h9-11H,5-8H2,1-4H3. The number of nitrogens with zero attached hydrogens (tertiary/aromatic N) is 1. The Morgan fingerprint density at radius 3 is 2.70 bits per heavy atom. The van der Waals surface area contributed by atoms with E-state index in [1.165, 1.54) is 11.1 Å². The third-order valence-corrected chi connectivity index (χ3v) is 3.60. The number of hydrogen-bond acceptors (Lipinski definition) is 3. The van der Waals surface area contributed by atoms with Crippen molar-refractivity contribution >= 4 is 11.7 Å². The Morgan fingerprint density at radius 2 is 2.05 bits per heavy atom. The molecule has 0 unspecified atom stereocenters. The minimum atomic E-state index is -0.521. The molecule has 0 radical (unpaired) electrons. The lowest BCUT2D eigenvalue weighted by molar-refractivity contribution is -0.152. The summed E-state index contributed by atoms with van der Waals surface area (Å²) in [7, 11) is 0. The highest BCUT2D eigenvalue weighted by atomic mass is 16.7. The van der Waals surface area contributed by atoms with E-state index in [0.717, 1.165) is 37.0 Å². The first-order chi connectivity index (χ1) is 9.41. The molecule has 0 N–H and O–H groups in total. The molecule has 0 amide bonds. The van der Waals surface area contributed by atoms with Gasteiger partial charge in [-0.2, -0.15) is 0 Å². The zero-order chi connectivity index (χ0) is 14.8. The molecule has 0 saturated heterocycles. The van der Waals surface area contributed by atoms with Crippen LogP contribution in [-0.4, -0.2) is 11.7 Å². The lowest BCUT2D eigenvalue weighted by atomic mass is 9.88. The smallest absolute Gasteiger partial charge is 0.317 e. The SMILES string of the molecule is CCc1ccc2c(c1)C(=NOC(=O)C(C)(C)C)CCC2. The summed E-state index contributed by atoms with van der Waals surface area (Å²) in [5.41, 5.74) is 4.13. The van der Waals surface area contributed by atoms with Crippen LogP contribution in [0.1, 0.15) is 57.2 Å². The summed E-state index contributed by atoms with van der Waals surface area (Å²) in [5.74, 6) is -0.288. The Balaban J connectivity index is 2.25. The summed E-state index contributed by atoms with van der Waals surface area (Å²) in [6.07, 6.45) is 4.01. The van der Waals surface area contributed by atoms with Gasteiger partial charge < -0.3 is 4.84 Å². The largest absolute Gasteiger partial charge is 0.340 e. The predicted molar refractivity (Wildman–Crippen MR) is 80.8 cm³/mol. The highest BCUT2D eigenvalue weighted by molar-refractivity contribution is 6.02. The van der Waals surface area contributed by atoms with Crippen molar-refractivity contribution in [2.24, 2.45) is 10.6 Å². The normalized spacial score (nSPS) is 16.9. The highest BCUT2D eigenvalue weighted by Gasteiger charge is 2.24. The van der Waals surface area contributed by atoms with Crippen molar-refractivity contribution in [1.29, 1.82) is 0 Å². The number of oxime groups is 1. The van der Waals surface area contributed by atoms with E-state index in [1.807, 2.05) is 20.8 Å². The average Bonchev–Trinajstić information content (AvgIpc) is 2.43. The number of carbonyl (C=O) groups is 1. The first-order valence-corrected chi connectivity index (χ1v) is 7.32. The molecular weight excluding hydrogens is 250 g/mol. The summed E-state index contributed by atoms with van der Waals surface area (Å²) in [6, 6.07) is 6.52. The number of aryl methyl sites for hydroxylation is 2. The molecule has 20 heavy (non-hydrogen) atoms. The second-order valence-corrected chi connectivity index (χ2v) is 6.37. The molecule has 1 aliphatic carbocycles. The van der Waals surface area contributed by atoms with Crippen LogP contribution in [0.15, 0.2) is 23.4 Å². The molecule has 0 bridgehead atoms. The van der Waals surface area contributed by atoms with Crippen LogP contribution < -0.4 is 0 Å². The van der Waals surface area contributed by atoms with Gasteiger partial charge in [0, 0.05) is 5.56 Å². The van der Waals surface area contributed by atoms with Crippen LogP contribution in [0.2, 0.25) is 0 Å². The summed E-state index contributed by atoms with van der Waals surface area (Å²) in [5, 5.41) is 4.13. The van der Waals surface area contributed by atoms with Gasteiger partial charge in [-0.05, 0) is 63.6 Å². The Morgan fingerprint density at radius 1 is 1.30 bits per heavy atom. The maximum Gasteiger partial charge on any atom is 0.340 e. The fraction of sp³-hybridized carbons (Fsp3) is 0.529. The predicted octanol–water partition coefficient (Wildman–Crippen LogP) is 3.88. The van der Waals surface area contributed by atoms with Crippen molar-refractivity contribution in [3.63, 3.8) is 0 Å². The number of fused-ring (bicyclic) bond motifs is 1. The molecule has 108 valence electrons. The minimum Gasteiger partial charge on any atom is -0.317 e. The molecule has 0 aliphatic heterocycles. The highest BCUT2D eigenvalue weighted by Crippen LogP contribution is 2.24. The van der Waals surface area contributed by atoms with Gasteiger partial charge in [0.05, 0.1) is 11.1 Å². The maximum absolute atomic E-state index is 11.8. The molecule has 0 atom stereocenters. The molecular formula is C17H23NO2. The van der Waals surface area contributed by atoms with Crippen LogP contribution in [0, 0.1) is 5.41 Å². The average molecular weight is 273 g/mol. The quantitative estimate of drug-likeness (QED) is 0.606. The van der Waals surface area contributed by atoms with Gasteiger partial charge in [-0.1, -0.05) is 24.2 Å². The van der Waals surface area contributed by atoms with Gasteiger partial charge in [0.1, 0.15) is 0 Å². The fourth-order valence-electron chi connectivity index (χ4n) is 2.24. The summed E-state index contributed by atoms with van der Waals surface area (Å²) < 4.78 is 0. The van der Waals surface area contributed by atoms with Crippen LogP contribution in [0.25, 0.3) is 0 Å². The van der Waals surface area contributed by atoms with Crippen LogP contribution in [0.3, 0.4) is 0 Å². The third-order valence-electron chi connectivity index (χ3n) is 3.60. The van der Waals surface area contributed by atoms with E-state index < -0.39 is 5.41 Å². The Hall–Kier alpha value is -1.64. The molecule has 0 saturated carbocycles. The molecule has 0 fully saturated rings. The van der Waals surface area contributed by atoms with Crippen molar-refractivity contribution in [2.75, 3.05) is 0 Å². The van der Waals surface area contributed by atoms with Gasteiger partial charge in [-0.15, -0.1) is 0 Å². The van der Waals surface area contributed by atoms with E-state index in [2.05, 4.69) is 30.3 Å². The van der Waals surface area contributed by atoms with Crippen LogP contribution in [0.5, 0.6) is 0 Å². The van der Waals surface area contributed by atoms with Crippen LogP contribution in [0.4, 0.5) is 0 Å². The van der Waals surface area contributed by atoms with Gasteiger partial charge in [0.15, 0.2) is 0 Å². The molecule has 0 heterocycles. The molecule has 1 aromatic carbocycles. The minimum absolute atomic E-state index is 0.288. The van der Waals surface area contributed by atoms with E-state index in [9.17, 15) is 4.79 Å². The molecule has 3 nitrogen and oxygen atoms in total. The van der Waals surface area contributed by atoms with E-state index in [1.54, 1.807) is 0 Å². The molecule has 3 heteroatoms. The number of hydrogen-bond donors (Lipinski definition) is 0. The number of rotatable bonds is 2. The molecule has 1 aromatic rings. The zero-order valence-electron chi connectivity index (χ0n) is 12.8. The second kappa shape index (κ2) is 5.78. The van der Waals surface area contributed by atoms with Gasteiger partial charge >= 0.3 is 5.97 Å². The Bertz CT molecular complexity index is 538. The van der Waals surface area contributed by atoms with Gasteiger partial charge in [-0.25, -0.2) is 4.79 Å². The summed E-state index contributed by atoms with van der Waals surface area (Å²) in [4.78, 5) is 16.9. The first-order valence-electron chi connectivity index (χ1n) is 7.32. The molecule has 1 aliphatic rings.